The average molecular weight is 364 g/mol. The Morgan fingerprint density at radius 1 is 0.923 bits per heavy atom. The van der Waals surface area contributed by atoms with Gasteiger partial charge in [0.05, 0.1) is 5.75 Å². The van der Waals surface area contributed by atoms with Gasteiger partial charge in [-0.25, -0.2) is 8.42 Å². The van der Waals surface area contributed by atoms with Crippen molar-refractivity contribution in [2.75, 3.05) is 12.3 Å². The van der Waals surface area contributed by atoms with Crippen LogP contribution in [0.4, 0.5) is 0 Å². The Bertz CT molecular complexity index is 988. The highest BCUT2D eigenvalue weighted by molar-refractivity contribution is 7.90. The largest absolute Gasteiger partial charge is 0.331 e. The van der Waals surface area contributed by atoms with Crippen molar-refractivity contribution < 1.29 is 8.42 Å². The number of hydrogen-bond donors (Lipinski definition) is 0. The Labute approximate surface area is 154 Å². The normalized spacial score (nSPS) is 18.1. The van der Waals surface area contributed by atoms with Crippen LogP contribution in [0.5, 0.6) is 0 Å². The van der Waals surface area contributed by atoms with Gasteiger partial charge in [-0.2, -0.15) is 0 Å². The summed E-state index contributed by atoms with van der Waals surface area (Å²) in [5.74, 6) is 0.586. The molecule has 0 aromatic heterocycles. The highest BCUT2D eigenvalue weighted by atomic mass is 32.2. The standard InChI is InChI=1S/C21H20N2O2S/c24-26(25)16-15-23-14-4-7-20(21(23)22-26)19-12-10-18(11-13-19)9-8-17-5-2-1-3-6-17/h1-7,10-14H,8-9,15-16H2. The van der Waals surface area contributed by atoms with Crippen molar-refractivity contribution >= 4 is 21.4 Å². The summed E-state index contributed by atoms with van der Waals surface area (Å²) in [6.07, 6.45) is 7.73. The van der Waals surface area contributed by atoms with Crippen LogP contribution in [-0.4, -0.2) is 31.5 Å². The molecule has 2 aliphatic heterocycles. The summed E-state index contributed by atoms with van der Waals surface area (Å²) in [5, 5.41) is 0. The van der Waals surface area contributed by atoms with Gasteiger partial charge in [0.2, 0.25) is 0 Å². The topological polar surface area (TPSA) is 49.7 Å². The predicted octanol–water partition coefficient (Wildman–Crippen LogP) is 3.43. The van der Waals surface area contributed by atoms with Crippen molar-refractivity contribution in [3.63, 3.8) is 0 Å². The van der Waals surface area contributed by atoms with E-state index in [9.17, 15) is 8.42 Å². The van der Waals surface area contributed by atoms with Crippen LogP contribution >= 0.6 is 0 Å². The second kappa shape index (κ2) is 6.92. The first kappa shape index (κ1) is 16.8. The zero-order valence-corrected chi connectivity index (χ0v) is 15.2. The summed E-state index contributed by atoms with van der Waals surface area (Å²) in [6.45, 7) is 0.449. The molecule has 2 aliphatic rings. The van der Waals surface area contributed by atoms with Crippen molar-refractivity contribution in [1.82, 2.24) is 4.90 Å². The van der Waals surface area contributed by atoms with E-state index in [1.807, 2.05) is 41.5 Å². The number of nitrogens with zero attached hydrogens (tertiary/aromatic N) is 2. The SMILES string of the molecule is O=S1(=O)CCN2C=CC=C(c3ccc(CCc4ccccc4)cc3)C2=N1. The highest BCUT2D eigenvalue weighted by Gasteiger charge is 2.27. The lowest BCUT2D eigenvalue weighted by Gasteiger charge is -2.29. The molecule has 4 nitrogen and oxygen atoms in total. The monoisotopic (exact) mass is 364 g/mol. The van der Waals surface area contributed by atoms with Gasteiger partial charge in [0.1, 0.15) is 0 Å². The second-order valence-electron chi connectivity index (χ2n) is 6.50. The zero-order valence-electron chi connectivity index (χ0n) is 14.4. The van der Waals surface area contributed by atoms with Crippen molar-refractivity contribution in [2.45, 2.75) is 12.8 Å². The minimum atomic E-state index is -3.37. The summed E-state index contributed by atoms with van der Waals surface area (Å²) >= 11 is 0. The molecular weight excluding hydrogens is 344 g/mol. The van der Waals surface area contributed by atoms with E-state index in [0.717, 1.165) is 24.0 Å². The van der Waals surface area contributed by atoms with E-state index in [0.29, 0.717) is 12.4 Å². The second-order valence-corrected chi connectivity index (χ2v) is 8.25. The van der Waals surface area contributed by atoms with E-state index in [1.54, 1.807) is 0 Å². The van der Waals surface area contributed by atoms with Crippen LogP contribution in [0, 0.1) is 0 Å². The lowest BCUT2D eigenvalue weighted by molar-refractivity contribution is 0.550. The number of rotatable bonds is 4. The maximum absolute atomic E-state index is 11.9. The van der Waals surface area contributed by atoms with Gasteiger partial charge in [-0.3, -0.25) is 0 Å². The number of benzene rings is 2. The van der Waals surface area contributed by atoms with Crippen LogP contribution in [0.2, 0.25) is 0 Å². The third-order valence-electron chi connectivity index (χ3n) is 4.67. The van der Waals surface area contributed by atoms with Crippen molar-refractivity contribution in [1.29, 1.82) is 0 Å². The Morgan fingerprint density at radius 2 is 1.62 bits per heavy atom. The fourth-order valence-electron chi connectivity index (χ4n) is 3.23. The molecule has 2 heterocycles. The number of allylic oxidation sites excluding steroid dienone is 2. The van der Waals surface area contributed by atoms with Gasteiger partial charge in [0.25, 0.3) is 10.0 Å². The first-order valence-corrected chi connectivity index (χ1v) is 10.3. The van der Waals surface area contributed by atoms with Crippen LogP contribution in [0.25, 0.3) is 5.57 Å². The summed E-state index contributed by atoms with van der Waals surface area (Å²) < 4.78 is 27.8. The smallest absolute Gasteiger partial charge is 0.256 e. The van der Waals surface area contributed by atoms with Crippen molar-refractivity contribution in [3.05, 3.63) is 89.6 Å². The van der Waals surface area contributed by atoms with Gasteiger partial charge in [0.15, 0.2) is 5.84 Å². The zero-order chi connectivity index (χ0) is 18.0. The summed E-state index contributed by atoms with van der Waals surface area (Å²) in [4.78, 5) is 1.90. The van der Waals surface area contributed by atoms with Gasteiger partial charge in [-0.1, -0.05) is 54.6 Å². The number of aryl methyl sites for hydroxylation is 2. The first-order chi connectivity index (χ1) is 12.6. The van der Waals surface area contributed by atoms with E-state index in [2.05, 4.69) is 40.8 Å². The van der Waals surface area contributed by atoms with Gasteiger partial charge >= 0.3 is 0 Å². The Balaban J connectivity index is 1.54. The highest BCUT2D eigenvalue weighted by Crippen LogP contribution is 2.26. The van der Waals surface area contributed by atoms with E-state index in [-0.39, 0.29) is 5.75 Å². The van der Waals surface area contributed by atoms with Crippen molar-refractivity contribution in [3.8, 4) is 0 Å². The molecule has 5 heteroatoms. The quantitative estimate of drug-likeness (QED) is 0.835. The third-order valence-corrected chi connectivity index (χ3v) is 5.82. The number of sulfonamides is 1. The summed E-state index contributed by atoms with van der Waals surface area (Å²) in [7, 11) is -3.37. The van der Waals surface area contributed by atoms with Gasteiger partial charge in [-0.05, 0) is 41.7 Å². The lowest BCUT2D eigenvalue weighted by Crippen LogP contribution is -2.37. The Kier molecular flexibility index (Phi) is 4.47. The molecule has 0 atom stereocenters. The molecule has 26 heavy (non-hydrogen) atoms. The molecule has 0 bridgehead atoms. The van der Waals surface area contributed by atoms with Gasteiger partial charge < -0.3 is 4.90 Å². The van der Waals surface area contributed by atoms with Gasteiger partial charge in [-0.15, -0.1) is 4.40 Å². The fraction of sp³-hybridized carbons (Fsp3) is 0.190. The molecular formula is C21H20N2O2S. The maximum Gasteiger partial charge on any atom is 0.256 e. The number of fused-ring (bicyclic) bond motifs is 1. The molecule has 0 unspecified atom stereocenters. The molecule has 0 radical (unpaired) electrons. The summed E-state index contributed by atoms with van der Waals surface area (Å²) in [6, 6.07) is 18.8. The summed E-state index contributed by atoms with van der Waals surface area (Å²) in [5.41, 5.74) is 4.43. The molecule has 0 amide bonds. The minimum Gasteiger partial charge on any atom is -0.331 e. The number of amidine groups is 1. The molecule has 0 spiro atoms. The maximum atomic E-state index is 11.9. The molecule has 4 rings (SSSR count). The molecule has 0 saturated carbocycles. The number of hydrogen-bond acceptors (Lipinski definition) is 3. The fourth-order valence-corrected chi connectivity index (χ4v) is 4.21. The molecule has 132 valence electrons. The van der Waals surface area contributed by atoms with Crippen LogP contribution < -0.4 is 0 Å². The lowest BCUT2D eigenvalue weighted by atomic mass is 9.98. The average Bonchev–Trinajstić information content (AvgIpc) is 2.66. The predicted molar refractivity (Wildman–Crippen MR) is 105 cm³/mol. The minimum absolute atomic E-state index is 0.0620. The molecule has 2 aromatic carbocycles. The van der Waals surface area contributed by atoms with Crippen molar-refractivity contribution in [2.24, 2.45) is 4.40 Å². The van der Waals surface area contributed by atoms with E-state index in [4.69, 9.17) is 0 Å². The van der Waals surface area contributed by atoms with Crippen LogP contribution in [0.15, 0.2) is 77.3 Å². The molecule has 0 aliphatic carbocycles. The molecule has 0 N–H and O–H groups in total. The van der Waals surface area contributed by atoms with Crippen LogP contribution in [-0.2, 0) is 22.9 Å². The Morgan fingerprint density at radius 3 is 2.35 bits per heavy atom. The molecule has 2 aromatic rings. The van der Waals surface area contributed by atoms with Crippen LogP contribution in [0.3, 0.4) is 0 Å². The van der Waals surface area contributed by atoms with E-state index in [1.165, 1.54) is 11.1 Å². The van der Waals surface area contributed by atoms with Gasteiger partial charge in [0, 0.05) is 18.3 Å². The molecule has 0 fully saturated rings. The Hall–Kier alpha value is -2.66. The first-order valence-electron chi connectivity index (χ1n) is 8.72. The third kappa shape index (κ3) is 3.63. The van der Waals surface area contributed by atoms with E-state index < -0.39 is 10.0 Å². The van der Waals surface area contributed by atoms with E-state index >= 15 is 0 Å². The van der Waals surface area contributed by atoms with Crippen LogP contribution in [0.1, 0.15) is 16.7 Å². The molecule has 0 saturated heterocycles.